The molecule has 0 aliphatic heterocycles. The van der Waals surface area contributed by atoms with Crippen LogP contribution in [0.1, 0.15) is 30.4 Å². The molecule has 0 unspecified atom stereocenters. The SMILES string of the molecule is c1occ2c1CCCCC2. The summed E-state index contributed by atoms with van der Waals surface area (Å²) in [4.78, 5) is 0. The molecule has 0 amide bonds. The molecule has 1 aliphatic carbocycles. The Bertz CT molecular complexity index is 192. The summed E-state index contributed by atoms with van der Waals surface area (Å²) < 4.78 is 5.12. The number of aryl methyl sites for hydroxylation is 2. The molecule has 54 valence electrons. The van der Waals surface area contributed by atoms with Crippen molar-refractivity contribution in [1.29, 1.82) is 0 Å². The Kier molecular flexibility index (Phi) is 1.50. The minimum absolute atomic E-state index is 1.23. The lowest BCUT2D eigenvalue weighted by Crippen LogP contribution is -1.81. The molecule has 0 N–H and O–H groups in total. The standard InChI is InChI=1S/C9H12O/c1-2-4-8-6-10-7-9(8)5-3-1/h6-7H,1-5H2. The fourth-order valence-electron chi connectivity index (χ4n) is 1.60. The van der Waals surface area contributed by atoms with Gasteiger partial charge in [0.1, 0.15) is 0 Å². The van der Waals surface area contributed by atoms with Crippen LogP contribution in [0.5, 0.6) is 0 Å². The highest BCUT2D eigenvalue weighted by Crippen LogP contribution is 2.20. The quantitative estimate of drug-likeness (QED) is 0.499. The van der Waals surface area contributed by atoms with Crippen molar-refractivity contribution in [1.82, 2.24) is 0 Å². The van der Waals surface area contributed by atoms with Crippen LogP contribution < -0.4 is 0 Å². The van der Waals surface area contributed by atoms with E-state index in [1.165, 1.54) is 43.2 Å². The fourth-order valence-corrected chi connectivity index (χ4v) is 1.60. The van der Waals surface area contributed by atoms with Crippen molar-refractivity contribution in [3.63, 3.8) is 0 Å². The normalized spacial score (nSPS) is 18.0. The molecule has 1 heterocycles. The lowest BCUT2D eigenvalue weighted by molar-refractivity contribution is 0.555. The average Bonchev–Trinajstić information content (AvgIpc) is 2.28. The number of rotatable bonds is 0. The van der Waals surface area contributed by atoms with Gasteiger partial charge in [-0.3, -0.25) is 0 Å². The first-order valence-corrected chi connectivity index (χ1v) is 4.01. The molecule has 0 bridgehead atoms. The van der Waals surface area contributed by atoms with Crippen LogP contribution in [-0.4, -0.2) is 0 Å². The lowest BCUT2D eigenvalue weighted by Gasteiger charge is -1.90. The second-order valence-corrected chi connectivity index (χ2v) is 2.98. The Morgan fingerprint density at radius 3 is 2.10 bits per heavy atom. The zero-order valence-corrected chi connectivity index (χ0v) is 6.10. The monoisotopic (exact) mass is 136 g/mol. The van der Waals surface area contributed by atoms with Crippen molar-refractivity contribution in [3.8, 4) is 0 Å². The zero-order valence-electron chi connectivity index (χ0n) is 6.10. The van der Waals surface area contributed by atoms with Gasteiger partial charge in [0.05, 0.1) is 12.5 Å². The molecule has 0 saturated carbocycles. The van der Waals surface area contributed by atoms with E-state index in [0.29, 0.717) is 0 Å². The molecule has 1 aromatic heterocycles. The Morgan fingerprint density at radius 2 is 1.50 bits per heavy atom. The Hall–Kier alpha value is -0.720. The van der Waals surface area contributed by atoms with Gasteiger partial charge < -0.3 is 4.42 Å². The van der Waals surface area contributed by atoms with E-state index in [0.717, 1.165) is 0 Å². The van der Waals surface area contributed by atoms with Crippen LogP contribution >= 0.6 is 0 Å². The molecule has 0 saturated heterocycles. The van der Waals surface area contributed by atoms with Crippen LogP contribution in [0.4, 0.5) is 0 Å². The zero-order chi connectivity index (χ0) is 6.81. The molecule has 1 heteroatoms. The molecule has 1 aromatic rings. The van der Waals surface area contributed by atoms with Gasteiger partial charge in [0.25, 0.3) is 0 Å². The molecule has 0 atom stereocenters. The van der Waals surface area contributed by atoms with Gasteiger partial charge in [0.15, 0.2) is 0 Å². The van der Waals surface area contributed by atoms with Crippen molar-refractivity contribution in [3.05, 3.63) is 23.7 Å². The van der Waals surface area contributed by atoms with Crippen LogP contribution in [0.25, 0.3) is 0 Å². The summed E-state index contributed by atoms with van der Waals surface area (Å²) in [5.74, 6) is 0. The first-order chi connectivity index (χ1) is 4.97. The van der Waals surface area contributed by atoms with Crippen LogP contribution in [-0.2, 0) is 12.8 Å². The van der Waals surface area contributed by atoms with Crippen LogP contribution in [0.3, 0.4) is 0 Å². The summed E-state index contributed by atoms with van der Waals surface area (Å²) in [6.45, 7) is 0. The van der Waals surface area contributed by atoms with E-state index in [-0.39, 0.29) is 0 Å². The number of hydrogen-bond acceptors (Lipinski definition) is 1. The molecule has 0 aromatic carbocycles. The van der Waals surface area contributed by atoms with E-state index < -0.39 is 0 Å². The maximum atomic E-state index is 5.12. The Balaban J connectivity index is 2.28. The molecule has 1 nitrogen and oxygen atoms in total. The van der Waals surface area contributed by atoms with Crippen molar-refractivity contribution in [2.24, 2.45) is 0 Å². The minimum atomic E-state index is 1.23. The van der Waals surface area contributed by atoms with Crippen LogP contribution in [0.15, 0.2) is 16.9 Å². The van der Waals surface area contributed by atoms with Gasteiger partial charge in [-0.05, 0) is 36.8 Å². The van der Waals surface area contributed by atoms with E-state index in [1.54, 1.807) is 0 Å². The Morgan fingerprint density at radius 1 is 0.900 bits per heavy atom. The predicted molar refractivity (Wildman–Crippen MR) is 40.0 cm³/mol. The van der Waals surface area contributed by atoms with Gasteiger partial charge in [-0.1, -0.05) is 6.42 Å². The highest BCUT2D eigenvalue weighted by molar-refractivity contribution is 5.21. The van der Waals surface area contributed by atoms with E-state index in [2.05, 4.69) is 0 Å². The summed E-state index contributed by atoms with van der Waals surface area (Å²) in [5.41, 5.74) is 2.88. The fraction of sp³-hybridized carbons (Fsp3) is 0.556. The van der Waals surface area contributed by atoms with Crippen LogP contribution in [0.2, 0.25) is 0 Å². The number of fused-ring (bicyclic) bond motifs is 1. The van der Waals surface area contributed by atoms with Crippen molar-refractivity contribution in [2.45, 2.75) is 32.1 Å². The van der Waals surface area contributed by atoms with Gasteiger partial charge in [-0.2, -0.15) is 0 Å². The maximum absolute atomic E-state index is 5.12. The third-order valence-electron chi connectivity index (χ3n) is 2.23. The third-order valence-corrected chi connectivity index (χ3v) is 2.23. The topological polar surface area (TPSA) is 13.1 Å². The van der Waals surface area contributed by atoms with E-state index in [9.17, 15) is 0 Å². The number of furan rings is 1. The average molecular weight is 136 g/mol. The van der Waals surface area contributed by atoms with Gasteiger partial charge >= 0.3 is 0 Å². The molecule has 10 heavy (non-hydrogen) atoms. The maximum Gasteiger partial charge on any atom is 0.0937 e. The van der Waals surface area contributed by atoms with Gasteiger partial charge in [-0.15, -0.1) is 0 Å². The Labute approximate surface area is 61.0 Å². The smallest absolute Gasteiger partial charge is 0.0937 e. The highest BCUT2D eigenvalue weighted by Gasteiger charge is 2.08. The summed E-state index contributed by atoms with van der Waals surface area (Å²) in [7, 11) is 0. The predicted octanol–water partition coefficient (Wildman–Crippen LogP) is 2.55. The summed E-state index contributed by atoms with van der Waals surface area (Å²) in [5, 5.41) is 0. The highest BCUT2D eigenvalue weighted by atomic mass is 16.3. The second-order valence-electron chi connectivity index (χ2n) is 2.98. The molecule has 1 aliphatic rings. The molecule has 0 fully saturated rings. The lowest BCUT2D eigenvalue weighted by atomic mass is 10.1. The summed E-state index contributed by atoms with van der Waals surface area (Å²) in [6.07, 6.45) is 10.3. The number of hydrogen-bond donors (Lipinski definition) is 0. The molecule has 0 spiro atoms. The van der Waals surface area contributed by atoms with Gasteiger partial charge in [-0.25, -0.2) is 0 Å². The van der Waals surface area contributed by atoms with Gasteiger partial charge in [0.2, 0.25) is 0 Å². The van der Waals surface area contributed by atoms with E-state index >= 15 is 0 Å². The largest absolute Gasteiger partial charge is 0.472 e. The minimum Gasteiger partial charge on any atom is -0.472 e. The molecule has 2 rings (SSSR count). The first-order valence-electron chi connectivity index (χ1n) is 4.01. The molecule has 0 radical (unpaired) electrons. The van der Waals surface area contributed by atoms with E-state index in [1.807, 2.05) is 12.5 Å². The molecular formula is C9H12O. The van der Waals surface area contributed by atoms with Gasteiger partial charge in [0, 0.05) is 0 Å². The molecular weight excluding hydrogens is 124 g/mol. The van der Waals surface area contributed by atoms with Crippen molar-refractivity contribution < 1.29 is 4.42 Å². The summed E-state index contributed by atoms with van der Waals surface area (Å²) >= 11 is 0. The second kappa shape index (κ2) is 2.49. The first kappa shape index (κ1) is 6.02. The van der Waals surface area contributed by atoms with Crippen LogP contribution in [0, 0.1) is 0 Å². The van der Waals surface area contributed by atoms with E-state index in [4.69, 9.17) is 4.42 Å². The van der Waals surface area contributed by atoms with Crippen molar-refractivity contribution >= 4 is 0 Å². The van der Waals surface area contributed by atoms with Crippen molar-refractivity contribution in [2.75, 3.05) is 0 Å². The third kappa shape index (κ3) is 0.962. The summed E-state index contributed by atoms with van der Waals surface area (Å²) in [6, 6.07) is 0.